The van der Waals surface area contributed by atoms with Gasteiger partial charge in [-0.25, -0.2) is 0 Å². The van der Waals surface area contributed by atoms with E-state index < -0.39 is 0 Å². The minimum Gasteiger partial charge on any atom is -0.361 e. The fraction of sp³-hybridized carbons (Fsp3) is 0.200. The molecule has 0 amide bonds. The van der Waals surface area contributed by atoms with Crippen LogP contribution >= 0.6 is 0 Å². The number of hydrogen-bond acceptors (Lipinski definition) is 1. The van der Waals surface area contributed by atoms with Crippen molar-refractivity contribution in [1.29, 1.82) is 0 Å². The molecule has 2 aliphatic carbocycles. The summed E-state index contributed by atoms with van der Waals surface area (Å²) < 4.78 is 0. The van der Waals surface area contributed by atoms with Crippen molar-refractivity contribution in [2.24, 2.45) is 0 Å². The van der Waals surface area contributed by atoms with Gasteiger partial charge in [0, 0.05) is 17.5 Å². The Morgan fingerprint density at radius 2 is 1.69 bits per heavy atom. The molecule has 1 heteroatoms. The summed E-state index contributed by atoms with van der Waals surface area (Å²) >= 11 is 0. The third kappa shape index (κ3) is 2.47. The number of benzene rings is 2. The molecule has 0 aromatic heterocycles. The van der Waals surface area contributed by atoms with Gasteiger partial charge >= 0.3 is 0 Å². The first-order valence-corrected chi connectivity index (χ1v) is 9.57. The summed E-state index contributed by atoms with van der Waals surface area (Å²) in [6.45, 7) is 2.16. The maximum Gasteiger partial charge on any atom is 0.0458 e. The van der Waals surface area contributed by atoms with E-state index in [4.69, 9.17) is 0 Å². The first kappa shape index (κ1) is 15.5. The molecule has 1 N–H and O–H groups in total. The predicted molar refractivity (Wildman–Crippen MR) is 110 cm³/mol. The zero-order valence-corrected chi connectivity index (χ0v) is 15.2. The molecule has 0 saturated heterocycles. The van der Waals surface area contributed by atoms with Gasteiger partial charge in [0.2, 0.25) is 0 Å². The Bertz CT molecular complexity index is 1010. The van der Waals surface area contributed by atoms with Crippen molar-refractivity contribution in [3.8, 4) is 11.1 Å². The molecule has 0 fully saturated rings. The van der Waals surface area contributed by atoms with Crippen molar-refractivity contribution in [1.82, 2.24) is 5.32 Å². The van der Waals surface area contributed by atoms with Crippen molar-refractivity contribution in [2.75, 3.05) is 0 Å². The molecule has 0 saturated carbocycles. The number of rotatable bonds is 1. The highest BCUT2D eigenvalue weighted by Gasteiger charge is 2.24. The summed E-state index contributed by atoms with van der Waals surface area (Å²) in [6, 6.07) is 13.6. The van der Waals surface area contributed by atoms with Gasteiger partial charge in [-0.15, -0.1) is 0 Å². The van der Waals surface area contributed by atoms with Crippen molar-refractivity contribution in [3.63, 3.8) is 0 Å². The Kier molecular flexibility index (Phi) is 3.67. The van der Waals surface area contributed by atoms with E-state index in [0.29, 0.717) is 0 Å². The zero-order chi connectivity index (χ0) is 17.5. The molecule has 1 heterocycles. The number of allylic oxidation sites excluding steroid dienone is 6. The van der Waals surface area contributed by atoms with E-state index in [1.165, 1.54) is 39.1 Å². The van der Waals surface area contributed by atoms with Crippen LogP contribution in [0.15, 0.2) is 78.2 Å². The second-order valence-corrected chi connectivity index (χ2v) is 7.40. The number of hydrogen-bond donors (Lipinski definition) is 1. The highest BCUT2D eigenvalue weighted by molar-refractivity contribution is 5.86. The van der Waals surface area contributed by atoms with E-state index in [1.807, 2.05) is 6.20 Å². The van der Waals surface area contributed by atoms with Crippen molar-refractivity contribution < 1.29 is 0 Å². The maximum absolute atomic E-state index is 3.48. The van der Waals surface area contributed by atoms with Gasteiger partial charge in [0.1, 0.15) is 0 Å². The summed E-state index contributed by atoms with van der Waals surface area (Å²) in [5.41, 5.74) is 12.8. The molecule has 2 aromatic rings. The van der Waals surface area contributed by atoms with Gasteiger partial charge in [0.25, 0.3) is 0 Å². The molecule has 0 radical (unpaired) electrons. The lowest BCUT2D eigenvalue weighted by Crippen LogP contribution is -2.14. The van der Waals surface area contributed by atoms with Crippen LogP contribution in [-0.2, 0) is 19.3 Å². The third-order valence-electron chi connectivity index (χ3n) is 5.77. The molecule has 0 unspecified atom stereocenters. The van der Waals surface area contributed by atoms with Crippen molar-refractivity contribution >= 4 is 5.57 Å². The van der Waals surface area contributed by atoms with E-state index in [-0.39, 0.29) is 0 Å². The summed E-state index contributed by atoms with van der Waals surface area (Å²) in [7, 11) is 0. The Morgan fingerprint density at radius 3 is 2.65 bits per heavy atom. The van der Waals surface area contributed by atoms with Crippen LogP contribution in [-0.4, -0.2) is 0 Å². The standard InChI is InChI=1S/C25H23N/c1-17-6-5-15-26-25(16-17)24-10-4-9-20-22-12-11-18-7-2-3-8-19(18)21(22)13-14-23(20)24/h2-3,5-8,10,13-16,26H,4,9,11-12H2,1H3. The highest BCUT2D eigenvalue weighted by atomic mass is 14.9. The minimum absolute atomic E-state index is 1.12. The highest BCUT2D eigenvalue weighted by Crippen LogP contribution is 2.41. The molecular formula is C25H23N. The van der Waals surface area contributed by atoms with Crippen LogP contribution in [0, 0.1) is 0 Å². The topological polar surface area (TPSA) is 12.0 Å². The quantitative estimate of drug-likeness (QED) is 0.701. The van der Waals surface area contributed by atoms with Crippen LogP contribution in [0.1, 0.15) is 35.6 Å². The largest absolute Gasteiger partial charge is 0.361 e. The predicted octanol–water partition coefficient (Wildman–Crippen LogP) is 5.73. The fourth-order valence-electron chi connectivity index (χ4n) is 4.57. The van der Waals surface area contributed by atoms with Gasteiger partial charge in [-0.3, -0.25) is 0 Å². The Morgan fingerprint density at radius 1 is 0.846 bits per heavy atom. The normalized spacial score (nSPS) is 17.7. The summed E-state index contributed by atoms with van der Waals surface area (Å²) in [5, 5.41) is 3.48. The maximum atomic E-state index is 3.48. The van der Waals surface area contributed by atoms with Crippen LogP contribution < -0.4 is 5.32 Å². The van der Waals surface area contributed by atoms with Gasteiger partial charge in [-0.2, -0.15) is 0 Å². The average Bonchev–Trinajstić information content (AvgIpc) is 2.91. The van der Waals surface area contributed by atoms with Gasteiger partial charge < -0.3 is 5.32 Å². The van der Waals surface area contributed by atoms with Crippen LogP contribution in [0.2, 0.25) is 0 Å². The molecule has 5 rings (SSSR count). The van der Waals surface area contributed by atoms with E-state index in [1.54, 1.807) is 11.1 Å². The second kappa shape index (κ2) is 6.17. The summed E-state index contributed by atoms with van der Waals surface area (Å²) in [5.74, 6) is 0. The monoisotopic (exact) mass is 337 g/mol. The zero-order valence-electron chi connectivity index (χ0n) is 15.2. The molecule has 0 atom stereocenters. The first-order chi connectivity index (χ1) is 12.8. The van der Waals surface area contributed by atoms with Crippen LogP contribution in [0.5, 0.6) is 0 Å². The van der Waals surface area contributed by atoms with E-state index >= 15 is 0 Å². The Balaban J connectivity index is 1.64. The smallest absolute Gasteiger partial charge is 0.0458 e. The Hall–Kier alpha value is -2.80. The lowest BCUT2D eigenvalue weighted by atomic mass is 9.77. The lowest BCUT2D eigenvalue weighted by molar-refractivity contribution is 0.882. The first-order valence-electron chi connectivity index (χ1n) is 9.57. The molecule has 128 valence electrons. The average molecular weight is 337 g/mol. The molecule has 0 bridgehead atoms. The molecule has 2 aromatic carbocycles. The molecule has 1 nitrogen and oxygen atoms in total. The van der Waals surface area contributed by atoms with Gasteiger partial charge in [-0.05, 0) is 83.7 Å². The fourth-order valence-corrected chi connectivity index (χ4v) is 4.57. The Labute approximate surface area is 155 Å². The van der Waals surface area contributed by atoms with Gasteiger partial charge in [0.15, 0.2) is 0 Å². The van der Waals surface area contributed by atoms with Gasteiger partial charge in [-0.1, -0.05) is 48.6 Å². The van der Waals surface area contributed by atoms with Crippen molar-refractivity contribution in [2.45, 2.75) is 32.6 Å². The van der Waals surface area contributed by atoms with Gasteiger partial charge in [0.05, 0.1) is 0 Å². The van der Waals surface area contributed by atoms with Crippen LogP contribution in [0.25, 0.3) is 16.7 Å². The van der Waals surface area contributed by atoms with Crippen LogP contribution in [0.3, 0.4) is 0 Å². The molecular weight excluding hydrogens is 314 g/mol. The summed E-state index contributed by atoms with van der Waals surface area (Å²) in [4.78, 5) is 0. The van der Waals surface area contributed by atoms with E-state index in [2.05, 4.69) is 72.9 Å². The summed E-state index contributed by atoms with van der Waals surface area (Å²) in [6.07, 6.45) is 15.5. The number of nitrogens with one attached hydrogen (secondary N) is 1. The molecule has 0 spiro atoms. The van der Waals surface area contributed by atoms with Crippen molar-refractivity contribution in [3.05, 3.63) is 100 Å². The van der Waals surface area contributed by atoms with Crippen LogP contribution in [0.4, 0.5) is 0 Å². The molecule has 3 aliphatic rings. The molecule has 1 aliphatic heterocycles. The number of fused-ring (bicyclic) bond motifs is 5. The third-order valence-corrected chi connectivity index (χ3v) is 5.77. The molecule has 26 heavy (non-hydrogen) atoms. The minimum atomic E-state index is 1.12. The lowest BCUT2D eigenvalue weighted by Gasteiger charge is -2.28. The van der Waals surface area contributed by atoms with E-state index in [9.17, 15) is 0 Å². The second-order valence-electron chi connectivity index (χ2n) is 7.40. The van der Waals surface area contributed by atoms with E-state index in [0.717, 1.165) is 25.7 Å². The SMILES string of the molecule is CC1=CC=CNC(C2=CCCc3c2ccc2c3CCc3ccccc3-2)=C1. The number of aryl methyl sites for hydroxylation is 1.